The number of ether oxygens (including phenoxy) is 2. The van der Waals surface area contributed by atoms with Crippen LogP contribution in [0.1, 0.15) is 53.5 Å². The molecule has 2 nitrogen and oxygen atoms in total. The van der Waals surface area contributed by atoms with Gasteiger partial charge in [0.1, 0.15) is 11.5 Å². The minimum atomic E-state index is 0.155. The van der Waals surface area contributed by atoms with Crippen molar-refractivity contribution in [2.75, 3.05) is 14.2 Å². The number of methoxy groups -OCH3 is 2. The summed E-state index contributed by atoms with van der Waals surface area (Å²) in [5.74, 6) is 1.69. The molecule has 0 atom stereocenters. The van der Waals surface area contributed by atoms with Crippen LogP contribution in [0.2, 0.25) is 0 Å². The van der Waals surface area contributed by atoms with Crippen molar-refractivity contribution < 1.29 is 9.47 Å². The lowest BCUT2D eigenvalue weighted by Gasteiger charge is -2.33. The Balaban J connectivity index is 2.57. The minimum absolute atomic E-state index is 0.155. The molecule has 0 spiro atoms. The van der Waals surface area contributed by atoms with Crippen LogP contribution >= 0.6 is 0 Å². The second-order valence-corrected chi connectivity index (χ2v) is 8.77. The van der Waals surface area contributed by atoms with Crippen molar-refractivity contribution >= 4 is 6.08 Å². The maximum Gasteiger partial charge on any atom is 0.126 e. The monoisotopic (exact) mass is 340 g/mol. The zero-order chi connectivity index (χ0) is 18.8. The number of rotatable bonds is 3. The molecule has 0 radical (unpaired) electrons. The van der Waals surface area contributed by atoms with Crippen LogP contribution in [-0.2, 0) is 0 Å². The Bertz CT molecular complexity index is 687. The van der Waals surface area contributed by atoms with Crippen LogP contribution in [0.25, 0.3) is 6.08 Å². The zero-order valence-corrected chi connectivity index (χ0v) is 17.0. The van der Waals surface area contributed by atoms with Crippen LogP contribution in [0.5, 0.6) is 11.5 Å². The van der Waals surface area contributed by atoms with Crippen molar-refractivity contribution in [1.29, 1.82) is 0 Å². The van der Waals surface area contributed by atoms with Gasteiger partial charge in [0.2, 0.25) is 0 Å². The SMILES string of the molecule is COc1ccc(OC)c(C=C2C=C(C(C)(C)C)CC(C(C)(C)C)=C2)c1. The van der Waals surface area contributed by atoms with Gasteiger partial charge in [-0.25, -0.2) is 0 Å². The van der Waals surface area contributed by atoms with Gasteiger partial charge in [0.15, 0.2) is 0 Å². The summed E-state index contributed by atoms with van der Waals surface area (Å²) >= 11 is 0. The first-order chi connectivity index (χ1) is 11.5. The summed E-state index contributed by atoms with van der Waals surface area (Å²) in [6, 6.07) is 5.90. The molecule has 1 aliphatic rings. The largest absolute Gasteiger partial charge is 0.497 e. The van der Waals surface area contributed by atoms with Gasteiger partial charge in [-0.15, -0.1) is 0 Å². The quantitative estimate of drug-likeness (QED) is 0.630. The molecule has 25 heavy (non-hydrogen) atoms. The van der Waals surface area contributed by atoms with E-state index in [0.29, 0.717) is 0 Å². The molecule has 0 aliphatic heterocycles. The van der Waals surface area contributed by atoms with Crippen LogP contribution in [0.15, 0.2) is 47.1 Å². The average molecular weight is 341 g/mol. The van der Waals surface area contributed by atoms with E-state index in [2.05, 4.69) is 59.8 Å². The number of benzene rings is 1. The highest BCUT2D eigenvalue weighted by atomic mass is 16.5. The van der Waals surface area contributed by atoms with Crippen LogP contribution in [0.3, 0.4) is 0 Å². The van der Waals surface area contributed by atoms with E-state index in [-0.39, 0.29) is 10.8 Å². The molecule has 0 unspecified atom stereocenters. The molecule has 0 saturated heterocycles. The highest BCUT2D eigenvalue weighted by Gasteiger charge is 2.26. The van der Waals surface area contributed by atoms with Gasteiger partial charge in [-0.05, 0) is 47.1 Å². The van der Waals surface area contributed by atoms with Crippen molar-refractivity contribution in [2.45, 2.75) is 48.0 Å². The molecule has 136 valence electrons. The number of allylic oxidation sites excluding steroid dienone is 5. The number of hydrogen-bond donors (Lipinski definition) is 0. The lowest BCUT2D eigenvalue weighted by atomic mass is 9.72. The van der Waals surface area contributed by atoms with Crippen molar-refractivity contribution in [2.24, 2.45) is 10.8 Å². The highest BCUT2D eigenvalue weighted by Crippen LogP contribution is 2.41. The predicted octanol–water partition coefficient (Wildman–Crippen LogP) is 6.44. The van der Waals surface area contributed by atoms with Crippen molar-refractivity contribution in [1.82, 2.24) is 0 Å². The smallest absolute Gasteiger partial charge is 0.126 e. The normalized spacial score (nSPS) is 15.4. The summed E-state index contributed by atoms with van der Waals surface area (Å²) in [6.45, 7) is 13.7. The minimum Gasteiger partial charge on any atom is -0.497 e. The fourth-order valence-electron chi connectivity index (χ4n) is 2.93. The Morgan fingerprint density at radius 2 is 1.40 bits per heavy atom. The molecule has 0 saturated carbocycles. The Kier molecular flexibility index (Phi) is 5.51. The molecule has 0 bridgehead atoms. The second kappa shape index (κ2) is 7.11. The molecule has 1 aromatic carbocycles. The van der Waals surface area contributed by atoms with Gasteiger partial charge in [-0.1, -0.05) is 64.8 Å². The van der Waals surface area contributed by atoms with E-state index in [0.717, 1.165) is 23.5 Å². The maximum absolute atomic E-state index is 5.53. The third-order valence-corrected chi connectivity index (χ3v) is 4.75. The third kappa shape index (κ3) is 4.78. The molecule has 0 fully saturated rings. The summed E-state index contributed by atoms with van der Waals surface area (Å²) in [5, 5.41) is 0. The summed E-state index contributed by atoms with van der Waals surface area (Å²) in [5.41, 5.74) is 5.49. The van der Waals surface area contributed by atoms with Crippen molar-refractivity contribution in [3.63, 3.8) is 0 Å². The average Bonchev–Trinajstić information content (AvgIpc) is 2.52. The number of hydrogen-bond acceptors (Lipinski definition) is 2. The third-order valence-electron chi connectivity index (χ3n) is 4.75. The zero-order valence-electron chi connectivity index (χ0n) is 17.0. The van der Waals surface area contributed by atoms with Gasteiger partial charge in [0.25, 0.3) is 0 Å². The molecule has 2 rings (SSSR count). The van der Waals surface area contributed by atoms with Crippen LogP contribution in [0.4, 0.5) is 0 Å². The van der Waals surface area contributed by atoms with E-state index in [9.17, 15) is 0 Å². The lowest BCUT2D eigenvalue weighted by molar-refractivity contribution is 0.402. The summed E-state index contributed by atoms with van der Waals surface area (Å²) < 4.78 is 10.9. The van der Waals surface area contributed by atoms with Gasteiger partial charge < -0.3 is 9.47 Å². The molecule has 1 aromatic rings. The van der Waals surface area contributed by atoms with Crippen LogP contribution < -0.4 is 9.47 Å². The van der Waals surface area contributed by atoms with Gasteiger partial charge in [0.05, 0.1) is 14.2 Å². The van der Waals surface area contributed by atoms with Gasteiger partial charge in [-0.2, -0.15) is 0 Å². The molecule has 0 aromatic heterocycles. The summed E-state index contributed by atoms with van der Waals surface area (Å²) in [6.07, 6.45) is 7.89. The lowest BCUT2D eigenvalue weighted by Crippen LogP contribution is -2.18. The van der Waals surface area contributed by atoms with Crippen molar-refractivity contribution in [3.05, 3.63) is 52.6 Å². The first kappa shape index (κ1) is 19.4. The predicted molar refractivity (Wildman–Crippen MR) is 107 cm³/mol. The first-order valence-electron chi connectivity index (χ1n) is 8.90. The van der Waals surface area contributed by atoms with E-state index in [1.807, 2.05) is 18.2 Å². The first-order valence-corrected chi connectivity index (χ1v) is 8.90. The highest BCUT2D eigenvalue weighted by molar-refractivity contribution is 5.67. The Hall–Kier alpha value is -1.96. The molecule has 1 aliphatic carbocycles. The standard InChI is InChI=1S/C23H32O2/c1-22(2,3)18-12-16(13-19(15-18)23(4,5)6)11-17-14-20(24-7)9-10-21(17)25-8/h9-14H,15H2,1-8H3. The topological polar surface area (TPSA) is 18.5 Å². The van der Waals surface area contributed by atoms with Crippen molar-refractivity contribution in [3.8, 4) is 11.5 Å². The Morgan fingerprint density at radius 3 is 1.84 bits per heavy atom. The molecular formula is C23H32O2. The molecule has 0 N–H and O–H groups in total. The molecule has 2 heteroatoms. The fraction of sp³-hybridized carbons (Fsp3) is 0.478. The molecular weight excluding hydrogens is 308 g/mol. The van der Waals surface area contributed by atoms with E-state index in [4.69, 9.17) is 9.47 Å². The molecule has 0 heterocycles. The Morgan fingerprint density at radius 1 is 0.840 bits per heavy atom. The van der Waals surface area contributed by atoms with E-state index in [1.165, 1.54) is 16.7 Å². The summed E-state index contributed by atoms with van der Waals surface area (Å²) in [7, 11) is 3.39. The fourth-order valence-corrected chi connectivity index (χ4v) is 2.93. The van der Waals surface area contributed by atoms with Gasteiger partial charge >= 0.3 is 0 Å². The Labute approximate surface area is 153 Å². The van der Waals surface area contributed by atoms with E-state index < -0.39 is 0 Å². The molecule has 0 amide bonds. The van der Waals surface area contributed by atoms with Gasteiger partial charge in [0, 0.05) is 5.56 Å². The second-order valence-electron chi connectivity index (χ2n) is 8.77. The maximum atomic E-state index is 5.53. The summed E-state index contributed by atoms with van der Waals surface area (Å²) in [4.78, 5) is 0. The van der Waals surface area contributed by atoms with Crippen LogP contribution in [-0.4, -0.2) is 14.2 Å². The van der Waals surface area contributed by atoms with E-state index in [1.54, 1.807) is 14.2 Å². The van der Waals surface area contributed by atoms with E-state index >= 15 is 0 Å². The van der Waals surface area contributed by atoms with Gasteiger partial charge in [-0.3, -0.25) is 0 Å². The van der Waals surface area contributed by atoms with Crippen LogP contribution in [0, 0.1) is 10.8 Å².